The molecule has 0 aliphatic rings. The number of rotatable bonds is 6. The van der Waals surface area contributed by atoms with Gasteiger partial charge in [0.25, 0.3) is 0 Å². The van der Waals surface area contributed by atoms with Crippen LogP contribution in [-0.4, -0.2) is 31.3 Å². The topological polar surface area (TPSA) is 49.8 Å². The SMILES string of the molecule is CN(CCOc1ccccc1C(=O)O)c1cccc(F)c1. The van der Waals surface area contributed by atoms with Crippen LogP contribution in [0.1, 0.15) is 10.4 Å². The van der Waals surface area contributed by atoms with E-state index in [0.717, 1.165) is 5.69 Å². The van der Waals surface area contributed by atoms with Crippen molar-refractivity contribution in [1.82, 2.24) is 0 Å². The molecule has 0 aromatic heterocycles. The van der Waals surface area contributed by atoms with Gasteiger partial charge in [0.15, 0.2) is 0 Å². The van der Waals surface area contributed by atoms with Crippen LogP contribution >= 0.6 is 0 Å². The summed E-state index contributed by atoms with van der Waals surface area (Å²) >= 11 is 0. The molecule has 0 atom stereocenters. The predicted molar refractivity (Wildman–Crippen MR) is 78.6 cm³/mol. The van der Waals surface area contributed by atoms with Gasteiger partial charge < -0.3 is 14.7 Å². The lowest BCUT2D eigenvalue weighted by atomic mass is 10.2. The number of hydrogen-bond acceptors (Lipinski definition) is 3. The number of halogens is 1. The van der Waals surface area contributed by atoms with E-state index in [1.807, 2.05) is 11.9 Å². The summed E-state index contributed by atoms with van der Waals surface area (Å²) in [6.07, 6.45) is 0. The molecule has 0 saturated heterocycles. The van der Waals surface area contributed by atoms with Crippen LogP contribution in [0.4, 0.5) is 10.1 Å². The Morgan fingerprint density at radius 1 is 1.24 bits per heavy atom. The largest absolute Gasteiger partial charge is 0.491 e. The fourth-order valence-electron chi connectivity index (χ4n) is 1.90. The van der Waals surface area contributed by atoms with Crippen molar-refractivity contribution in [2.75, 3.05) is 25.1 Å². The molecule has 110 valence electrons. The first kappa shape index (κ1) is 14.8. The molecule has 2 rings (SSSR count). The zero-order chi connectivity index (χ0) is 15.2. The molecule has 1 N–H and O–H groups in total. The maximum Gasteiger partial charge on any atom is 0.339 e. The Bertz CT molecular complexity index is 630. The number of hydrogen-bond donors (Lipinski definition) is 1. The third kappa shape index (κ3) is 3.95. The molecule has 2 aromatic carbocycles. The summed E-state index contributed by atoms with van der Waals surface area (Å²) in [6.45, 7) is 0.814. The van der Waals surface area contributed by atoms with Gasteiger partial charge in [-0.2, -0.15) is 0 Å². The molecular formula is C16H16FNO3. The maximum atomic E-state index is 13.1. The lowest BCUT2D eigenvalue weighted by molar-refractivity contribution is 0.0692. The van der Waals surface area contributed by atoms with Crippen molar-refractivity contribution in [3.8, 4) is 5.75 Å². The number of anilines is 1. The molecule has 0 saturated carbocycles. The summed E-state index contributed by atoms with van der Waals surface area (Å²) < 4.78 is 18.6. The third-order valence-corrected chi connectivity index (χ3v) is 3.05. The van der Waals surface area contributed by atoms with Crippen molar-refractivity contribution in [3.63, 3.8) is 0 Å². The van der Waals surface area contributed by atoms with Gasteiger partial charge in [-0.25, -0.2) is 9.18 Å². The van der Waals surface area contributed by atoms with Crippen LogP contribution in [-0.2, 0) is 0 Å². The molecule has 5 heteroatoms. The Morgan fingerprint density at radius 3 is 2.71 bits per heavy atom. The minimum Gasteiger partial charge on any atom is -0.491 e. The summed E-state index contributed by atoms with van der Waals surface area (Å²) in [6, 6.07) is 12.7. The zero-order valence-electron chi connectivity index (χ0n) is 11.6. The number of benzene rings is 2. The number of aromatic carboxylic acids is 1. The molecule has 0 spiro atoms. The normalized spacial score (nSPS) is 10.2. The Labute approximate surface area is 122 Å². The first-order chi connectivity index (χ1) is 10.1. The van der Waals surface area contributed by atoms with Crippen molar-refractivity contribution in [2.45, 2.75) is 0 Å². The number of likely N-dealkylation sites (N-methyl/N-ethyl adjacent to an activating group) is 1. The molecule has 0 unspecified atom stereocenters. The second-order valence-corrected chi connectivity index (χ2v) is 4.55. The number of nitrogens with zero attached hydrogens (tertiary/aromatic N) is 1. The van der Waals surface area contributed by atoms with Crippen LogP contribution in [0, 0.1) is 5.82 Å². The number of ether oxygens (including phenoxy) is 1. The smallest absolute Gasteiger partial charge is 0.339 e. The van der Waals surface area contributed by atoms with Gasteiger partial charge in [-0.1, -0.05) is 18.2 Å². The third-order valence-electron chi connectivity index (χ3n) is 3.05. The molecule has 0 aliphatic heterocycles. The monoisotopic (exact) mass is 289 g/mol. The van der Waals surface area contributed by atoms with Gasteiger partial charge in [-0.05, 0) is 30.3 Å². The van der Waals surface area contributed by atoms with Crippen LogP contribution in [0.3, 0.4) is 0 Å². The van der Waals surface area contributed by atoms with Crippen molar-refractivity contribution in [1.29, 1.82) is 0 Å². The Kier molecular flexibility index (Phi) is 4.77. The van der Waals surface area contributed by atoms with E-state index in [0.29, 0.717) is 18.9 Å². The quantitative estimate of drug-likeness (QED) is 0.888. The highest BCUT2D eigenvalue weighted by Gasteiger charge is 2.10. The fourth-order valence-corrected chi connectivity index (χ4v) is 1.90. The summed E-state index contributed by atoms with van der Waals surface area (Å²) in [7, 11) is 1.82. The molecule has 4 nitrogen and oxygen atoms in total. The van der Waals surface area contributed by atoms with E-state index in [4.69, 9.17) is 9.84 Å². The van der Waals surface area contributed by atoms with E-state index in [1.165, 1.54) is 18.2 Å². The second kappa shape index (κ2) is 6.74. The first-order valence-electron chi connectivity index (χ1n) is 6.50. The molecule has 0 bridgehead atoms. The van der Waals surface area contributed by atoms with Gasteiger partial charge in [-0.15, -0.1) is 0 Å². The number of carboxylic acid groups (broad SMARTS) is 1. The molecule has 0 fully saturated rings. The van der Waals surface area contributed by atoms with Crippen molar-refractivity contribution >= 4 is 11.7 Å². The number of carbonyl (C=O) groups is 1. The van der Waals surface area contributed by atoms with Crippen LogP contribution in [0.15, 0.2) is 48.5 Å². The molecule has 0 amide bonds. The van der Waals surface area contributed by atoms with Crippen LogP contribution in [0.5, 0.6) is 5.75 Å². The minimum atomic E-state index is -1.02. The fraction of sp³-hybridized carbons (Fsp3) is 0.188. The Balaban J connectivity index is 1.94. The average molecular weight is 289 g/mol. The first-order valence-corrected chi connectivity index (χ1v) is 6.50. The Hall–Kier alpha value is -2.56. The molecule has 2 aromatic rings. The predicted octanol–water partition coefficient (Wildman–Crippen LogP) is 3.04. The van der Waals surface area contributed by atoms with Gasteiger partial charge in [0.2, 0.25) is 0 Å². The molecular weight excluding hydrogens is 273 g/mol. The van der Waals surface area contributed by atoms with E-state index in [9.17, 15) is 9.18 Å². The highest BCUT2D eigenvalue weighted by atomic mass is 19.1. The van der Waals surface area contributed by atoms with E-state index in [1.54, 1.807) is 30.3 Å². The molecule has 21 heavy (non-hydrogen) atoms. The van der Waals surface area contributed by atoms with Crippen LogP contribution in [0.25, 0.3) is 0 Å². The Morgan fingerprint density at radius 2 is 2.00 bits per heavy atom. The van der Waals surface area contributed by atoms with Gasteiger partial charge in [-0.3, -0.25) is 0 Å². The zero-order valence-corrected chi connectivity index (χ0v) is 11.6. The lowest BCUT2D eigenvalue weighted by Crippen LogP contribution is -2.24. The summed E-state index contributed by atoms with van der Waals surface area (Å²) in [5, 5.41) is 9.05. The number of para-hydroxylation sites is 1. The minimum absolute atomic E-state index is 0.130. The highest BCUT2D eigenvalue weighted by molar-refractivity contribution is 5.90. The highest BCUT2D eigenvalue weighted by Crippen LogP contribution is 2.18. The summed E-state index contributed by atoms with van der Waals surface area (Å²) in [5.74, 6) is -0.988. The standard InChI is InChI=1S/C16H16FNO3/c1-18(13-6-4-5-12(17)11-13)9-10-21-15-8-3-2-7-14(15)16(19)20/h2-8,11H,9-10H2,1H3,(H,19,20). The van der Waals surface area contributed by atoms with Crippen molar-refractivity contribution < 1.29 is 19.0 Å². The summed E-state index contributed by atoms with van der Waals surface area (Å²) in [4.78, 5) is 12.9. The molecule has 0 aliphatic carbocycles. The van der Waals surface area contributed by atoms with Gasteiger partial charge in [0.05, 0.1) is 6.54 Å². The van der Waals surface area contributed by atoms with Crippen molar-refractivity contribution in [2.24, 2.45) is 0 Å². The second-order valence-electron chi connectivity index (χ2n) is 4.55. The average Bonchev–Trinajstić information content (AvgIpc) is 2.47. The van der Waals surface area contributed by atoms with E-state index in [-0.39, 0.29) is 11.4 Å². The van der Waals surface area contributed by atoms with E-state index >= 15 is 0 Å². The van der Waals surface area contributed by atoms with Gasteiger partial charge >= 0.3 is 5.97 Å². The van der Waals surface area contributed by atoms with E-state index in [2.05, 4.69) is 0 Å². The van der Waals surface area contributed by atoms with Crippen LogP contribution in [0.2, 0.25) is 0 Å². The maximum absolute atomic E-state index is 13.1. The van der Waals surface area contributed by atoms with E-state index < -0.39 is 5.97 Å². The molecule has 0 radical (unpaired) electrons. The van der Waals surface area contributed by atoms with Gasteiger partial charge in [0.1, 0.15) is 23.7 Å². The molecule has 0 heterocycles. The van der Waals surface area contributed by atoms with Crippen molar-refractivity contribution in [3.05, 3.63) is 59.9 Å². The van der Waals surface area contributed by atoms with Crippen LogP contribution < -0.4 is 9.64 Å². The number of carboxylic acids is 1. The summed E-state index contributed by atoms with van der Waals surface area (Å²) in [5.41, 5.74) is 0.871. The van der Waals surface area contributed by atoms with Gasteiger partial charge in [0, 0.05) is 12.7 Å². The lowest BCUT2D eigenvalue weighted by Gasteiger charge is -2.19.